The average molecular weight is 421 g/mol. The molecule has 0 bridgehead atoms. The van der Waals surface area contributed by atoms with Crippen molar-refractivity contribution in [3.05, 3.63) is 88.7 Å². The zero-order valence-electron chi connectivity index (χ0n) is 16.2. The maximum atomic E-state index is 13.0. The molecule has 0 aliphatic heterocycles. The number of anilines is 1. The Labute approximate surface area is 175 Å². The first kappa shape index (κ1) is 19.9. The third-order valence-electron chi connectivity index (χ3n) is 4.32. The second kappa shape index (κ2) is 8.54. The monoisotopic (exact) mass is 421 g/mol. The summed E-state index contributed by atoms with van der Waals surface area (Å²) >= 11 is 0. The predicted octanol–water partition coefficient (Wildman–Crippen LogP) is 4.22. The van der Waals surface area contributed by atoms with Gasteiger partial charge in [-0.2, -0.15) is 0 Å². The highest BCUT2D eigenvalue weighted by atomic mass is 19.1. The van der Waals surface area contributed by atoms with E-state index in [1.165, 1.54) is 31.4 Å². The van der Waals surface area contributed by atoms with Crippen LogP contribution >= 0.6 is 0 Å². The number of nitrogens with one attached hydrogen (secondary N) is 2. The maximum absolute atomic E-state index is 13.0. The van der Waals surface area contributed by atoms with Crippen molar-refractivity contribution in [3.8, 4) is 28.6 Å². The summed E-state index contributed by atoms with van der Waals surface area (Å²) in [5.74, 6) is 0.154. The third kappa shape index (κ3) is 4.61. The van der Waals surface area contributed by atoms with Gasteiger partial charge in [0.15, 0.2) is 5.82 Å². The second-order valence-corrected chi connectivity index (χ2v) is 6.39. The van der Waals surface area contributed by atoms with E-state index in [4.69, 9.17) is 9.47 Å². The van der Waals surface area contributed by atoms with E-state index in [-0.39, 0.29) is 17.5 Å². The first-order chi connectivity index (χ1) is 15.0. The molecule has 1 amide bonds. The molecule has 2 N–H and O–H groups in total. The highest BCUT2D eigenvalue weighted by Gasteiger charge is 2.15. The fraction of sp³-hybridized carbons (Fsp3) is 0.0455. The molecule has 9 heteroatoms. The van der Waals surface area contributed by atoms with Crippen LogP contribution in [0.5, 0.6) is 17.2 Å². The minimum absolute atomic E-state index is 0.229. The van der Waals surface area contributed by atoms with Crippen molar-refractivity contribution in [2.75, 3.05) is 12.4 Å². The van der Waals surface area contributed by atoms with Crippen molar-refractivity contribution in [2.45, 2.75) is 0 Å². The molecule has 3 aromatic carbocycles. The van der Waals surface area contributed by atoms with Crippen LogP contribution in [0.25, 0.3) is 11.4 Å². The molecule has 0 saturated heterocycles. The number of methoxy groups -OCH3 is 1. The van der Waals surface area contributed by atoms with Gasteiger partial charge in [0, 0.05) is 11.3 Å². The molecule has 0 aliphatic rings. The zero-order chi connectivity index (χ0) is 21.8. The van der Waals surface area contributed by atoms with E-state index < -0.39 is 5.76 Å². The van der Waals surface area contributed by atoms with E-state index in [1.807, 2.05) is 0 Å². The molecular formula is C22H16FN3O5. The number of amides is 1. The van der Waals surface area contributed by atoms with Gasteiger partial charge in [-0.25, -0.2) is 9.18 Å². The van der Waals surface area contributed by atoms with Gasteiger partial charge in [-0.3, -0.25) is 14.3 Å². The number of carbonyl (C=O) groups is 1. The third-order valence-corrected chi connectivity index (χ3v) is 4.32. The van der Waals surface area contributed by atoms with Gasteiger partial charge in [0.05, 0.1) is 12.7 Å². The number of ether oxygens (including phenoxy) is 2. The van der Waals surface area contributed by atoms with Crippen molar-refractivity contribution < 1.29 is 23.2 Å². The Morgan fingerprint density at radius 2 is 1.71 bits per heavy atom. The van der Waals surface area contributed by atoms with Crippen molar-refractivity contribution >= 4 is 11.6 Å². The summed E-state index contributed by atoms with van der Waals surface area (Å²) in [5, 5.41) is 6.40. The largest absolute Gasteiger partial charge is 0.496 e. The quantitative estimate of drug-likeness (QED) is 0.483. The fourth-order valence-electron chi connectivity index (χ4n) is 2.82. The lowest BCUT2D eigenvalue weighted by Crippen LogP contribution is -2.13. The summed E-state index contributed by atoms with van der Waals surface area (Å²) in [6.07, 6.45) is 0. The number of benzene rings is 3. The van der Waals surface area contributed by atoms with Gasteiger partial charge in [0.2, 0.25) is 0 Å². The number of carbonyl (C=O) groups excluding carboxylic acids is 1. The van der Waals surface area contributed by atoms with Gasteiger partial charge < -0.3 is 14.8 Å². The Kier molecular flexibility index (Phi) is 5.48. The van der Waals surface area contributed by atoms with E-state index in [0.717, 1.165) is 0 Å². The molecule has 31 heavy (non-hydrogen) atoms. The lowest BCUT2D eigenvalue weighted by Gasteiger charge is -2.11. The molecule has 1 aromatic heterocycles. The molecule has 0 spiro atoms. The number of halogens is 1. The maximum Gasteiger partial charge on any atom is 0.439 e. The minimum Gasteiger partial charge on any atom is -0.496 e. The Bertz CT molecular complexity index is 1260. The van der Waals surface area contributed by atoms with Crippen molar-refractivity contribution in [2.24, 2.45) is 0 Å². The highest BCUT2D eigenvalue weighted by Crippen LogP contribution is 2.27. The Hall–Kier alpha value is -4.40. The molecule has 0 unspecified atom stereocenters. The van der Waals surface area contributed by atoms with Crippen LogP contribution in [0.1, 0.15) is 10.4 Å². The average Bonchev–Trinajstić information content (AvgIpc) is 3.22. The SMILES string of the molecule is COc1cc(-c2noc(=O)[nH]2)ccc1C(=O)Nc1ccc(Oc2ccc(F)cc2)cc1. The number of nitrogens with zero attached hydrogens (tertiary/aromatic N) is 1. The van der Waals surface area contributed by atoms with E-state index in [1.54, 1.807) is 42.5 Å². The van der Waals surface area contributed by atoms with Crippen LogP contribution in [0.15, 0.2) is 76.0 Å². The van der Waals surface area contributed by atoms with Gasteiger partial charge >= 0.3 is 5.76 Å². The number of H-pyrrole nitrogens is 1. The first-order valence-electron chi connectivity index (χ1n) is 9.11. The molecule has 0 aliphatic carbocycles. The fourth-order valence-corrected chi connectivity index (χ4v) is 2.82. The Balaban J connectivity index is 1.47. The second-order valence-electron chi connectivity index (χ2n) is 6.39. The summed E-state index contributed by atoms with van der Waals surface area (Å²) in [6.45, 7) is 0. The van der Waals surface area contributed by atoms with Crippen molar-refractivity contribution in [1.29, 1.82) is 0 Å². The predicted molar refractivity (Wildman–Crippen MR) is 110 cm³/mol. The molecule has 1 heterocycles. The summed E-state index contributed by atoms with van der Waals surface area (Å²) < 4.78 is 28.4. The van der Waals surface area contributed by atoms with Gasteiger partial charge in [0.1, 0.15) is 23.1 Å². The summed E-state index contributed by atoms with van der Waals surface area (Å²) in [6, 6.07) is 17.1. The van der Waals surface area contributed by atoms with Gasteiger partial charge in [0.25, 0.3) is 5.91 Å². The molecule has 0 saturated carbocycles. The number of hydrogen-bond donors (Lipinski definition) is 2. The minimum atomic E-state index is -0.678. The molecule has 156 valence electrons. The van der Waals surface area contributed by atoms with E-state index >= 15 is 0 Å². The number of rotatable bonds is 6. The molecule has 0 atom stereocenters. The van der Waals surface area contributed by atoms with Gasteiger partial charge in [-0.05, 0) is 60.7 Å². The molecule has 8 nitrogen and oxygen atoms in total. The number of hydrogen-bond acceptors (Lipinski definition) is 6. The van der Waals surface area contributed by atoms with E-state index in [2.05, 4.69) is 20.0 Å². The topological polar surface area (TPSA) is 106 Å². The first-order valence-corrected chi connectivity index (χ1v) is 9.11. The number of aromatic nitrogens is 2. The van der Waals surface area contributed by atoms with Crippen LogP contribution in [-0.2, 0) is 0 Å². The van der Waals surface area contributed by atoms with Crippen LogP contribution in [0, 0.1) is 5.82 Å². The van der Waals surface area contributed by atoms with Crippen molar-refractivity contribution in [3.63, 3.8) is 0 Å². The molecule has 4 aromatic rings. The zero-order valence-corrected chi connectivity index (χ0v) is 16.2. The van der Waals surface area contributed by atoms with Crippen LogP contribution in [0.3, 0.4) is 0 Å². The summed E-state index contributed by atoms with van der Waals surface area (Å²) in [5.41, 5.74) is 1.37. The van der Waals surface area contributed by atoms with Crippen LogP contribution in [0.4, 0.5) is 10.1 Å². The highest BCUT2D eigenvalue weighted by molar-refractivity contribution is 6.06. The van der Waals surface area contributed by atoms with Crippen LogP contribution < -0.4 is 20.5 Å². The molecule has 0 fully saturated rings. The summed E-state index contributed by atoms with van der Waals surface area (Å²) in [4.78, 5) is 26.3. The molecule has 4 rings (SSSR count). The normalized spacial score (nSPS) is 10.5. The van der Waals surface area contributed by atoms with E-state index in [0.29, 0.717) is 34.1 Å². The van der Waals surface area contributed by atoms with E-state index in [9.17, 15) is 14.0 Å². The lowest BCUT2D eigenvalue weighted by atomic mass is 10.1. The molecular weight excluding hydrogens is 405 g/mol. The Morgan fingerprint density at radius 3 is 2.32 bits per heavy atom. The lowest BCUT2D eigenvalue weighted by molar-refractivity contribution is 0.102. The molecule has 0 radical (unpaired) electrons. The van der Waals surface area contributed by atoms with Gasteiger partial charge in [-0.1, -0.05) is 11.2 Å². The Morgan fingerprint density at radius 1 is 1.03 bits per heavy atom. The smallest absolute Gasteiger partial charge is 0.439 e. The van der Waals surface area contributed by atoms with Crippen LogP contribution in [-0.4, -0.2) is 23.2 Å². The number of aromatic amines is 1. The van der Waals surface area contributed by atoms with Gasteiger partial charge in [-0.15, -0.1) is 0 Å². The van der Waals surface area contributed by atoms with Crippen LogP contribution in [0.2, 0.25) is 0 Å². The van der Waals surface area contributed by atoms with Crippen molar-refractivity contribution in [1.82, 2.24) is 10.1 Å². The summed E-state index contributed by atoms with van der Waals surface area (Å²) in [7, 11) is 1.43. The standard InChI is InChI=1S/C22H16FN3O5/c1-29-19-12-13(20-25-22(28)31-26-20)2-11-18(19)21(27)24-15-5-9-17(10-6-15)30-16-7-3-14(23)4-8-16/h2-12H,1H3,(H,24,27)(H,25,26,28).